The average molecular weight is 232 g/mol. The van der Waals surface area contributed by atoms with Crippen molar-refractivity contribution in [1.29, 1.82) is 0 Å². The fraction of sp³-hybridized carbons (Fsp3) is 0.500. The highest BCUT2D eigenvalue weighted by molar-refractivity contribution is 5.94. The molecule has 3 heteroatoms. The number of piperazine rings is 1. The second-order valence-electron chi connectivity index (χ2n) is 4.93. The Kier molecular flexibility index (Phi) is 3.48. The highest BCUT2D eigenvalue weighted by Crippen LogP contribution is 2.14. The van der Waals surface area contributed by atoms with E-state index in [0.29, 0.717) is 0 Å². The van der Waals surface area contributed by atoms with Crippen LogP contribution in [0.2, 0.25) is 0 Å². The van der Waals surface area contributed by atoms with Gasteiger partial charge in [0.25, 0.3) is 5.91 Å². The molecule has 1 aliphatic heterocycles. The summed E-state index contributed by atoms with van der Waals surface area (Å²) >= 11 is 0. The predicted molar refractivity (Wildman–Crippen MR) is 69.3 cm³/mol. The lowest BCUT2D eigenvalue weighted by molar-refractivity contribution is 0.0655. The van der Waals surface area contributed by atoms with E-state index in [2.05, 4.69) is 18.3 Å². The maximum Gasteiger partial charge on any atom is 0.254 e. The molecule has 0 unspecified atom stereocenters. The summed E-state index contributed by atoms with van der Waals surface area (Å²) in [6, 6.07) is 6.32. The van der Waals surface area contributed by atoms with Crippen molar-refractivity contribution >= 4 is 5.91 Å². The van der Waals surface area contributed by atoms with Gasteiger partial charge in [-0.3, -0.25) is 4.79 Å². The lowest BCUT2D eigenvalue weighted by Crippen LogP contribution is -2.52. The van der Waals surface area contributed by atoms with E-state index in [0.717, 1.165) is 36.3 Å². The van der Waals surface area contributed by atoms with Crippen molar-refractivity contribution in [3.63, 3.8) is 0 Å². The van der Waals surface area contributed by atoms with Gasteiger partial charge < -0.3 is 10.2 Å². The zero-order valence-electron chi connectivity index (χ0n) is 10.8. The summed E-state index contributed by atoms with van der Waals surface area (Å²) in [7, 11) is 0. The molecule has 1 fully saturated rings. The Hall–Kier alpha value is -1.35. The molecule has 1 N–H and O–H groups in total. The number of amides is 1. The van der Waals surface area contributed by atoms with Gasteiger partial charge in [-0.2, -0.15) is 0 Å². The van der Waals surface area contributed by atoms with E-state index >= 15 is 0 Å². The lowest BCUT2D eigenvalue weighted by Gasteiger charge is -2.34. The molecule has 0 radical (unpaired) electrons. The molecule has 0 aliphatic carbocycles. The molecular weight excluding hydrogens is 212 g/mol. The molecule has 92 valence electrons. The minimum atomic E-state index is 0.158. The van der Waals surface area contributed by atoms with Gasteiger partial charge in [0, 0.05) is 31.2 Å². The molecule has 1 aromatic rings. The normalized spacial score (nSPS) is 20.4. The second kappa shape index (κ2) is 4.88. The molecule has 1 amide bonds. The number of carbonyl (C=O) groups is 1. The zero-order valence-corrected chi connectivity index (χ0v) is 10.8. The van der Waals surface area contributed by atoms with Gasteiger partial charge in [0.2, 0.25) is 0 Å². The van der Waals surface area contributed by atoms with Crippen LogP contribution < -0.4 is 5.32 Å². The number of hydrogen-bond acceptors (Lipinski definition) is 2. The van der Waals surface area contributed by atoms with Crippen LogP contribution in [-0.4, -0.2) is 36.5 Å². The van der Waals surface area contributed by atoms with Crippen molar-refractivity contribution in [2.24, 2.45) is 0 Å². The molecular formula is C14H20N2O. The van der Waals surface area contributed by atoms with Crippen molar-refractivity contribution in [2.45, 2.75) is 26.8 Å². The monoisotopic (exact) mass is 232 g/mol. The lowest BCUT2D eigenvalue weighted by atomic mass is 10.1. The van der Waals surface area contributed by atoms with Gasteiger partial charge in [0.05, 0.1) is 0 Å². The molecule has 2 rings (SSSR count). The highest BCUT2D eigenvalue weighted by Gasteiger charge is 2.23. The van der Waals surface area contributed by atoms with E-state index in [4.69, 9.17) is 0 Å². The molecule has 1 aliphatic rings. The van der Waals surface area contributed by atoms with Crippen LogP contribution in [-0.2, 0) is 0 Å². The third-order valence-electron chi connectivity index (χ3n) is 3.23. The first-order valence-corrected chi connectivity index (χ1v) is 6.18. The SMILES string of the molecule is Cc1cc(C)cc(C(=O)N2CCNC[C@@H]2C)c1. The number of nitrogens with zero attached hydrogens (tertiary/aromatic N) is 1. The van der Waals surface area contributed by atoms with Crippen molar-refractivity contribution < 1.29 is 4.79 Å². The minimum absolute atomic E-state index is 0.158. The van der Waals surface area contributed by atoms with Gasteiger partial charge in [-0.1, -0.05) is 17.2 Å². The maximum atomic E-state index is 12.4. The number of nitrogens with one attached hydrogen (secondary N) is 1. The Labute approximate surface area is 103 Å². The zero-order chi connectivity index (χ0) is 12.4. The van der Waals surface area contributed by atoms with Gasteiger partial charge in [-0.05, 0) is 32.9 Å². The molecule has 1 atom stereocenters. The first kappa shape index (κ1) is 12.1. The molecule has 17 heavy (non-hydrogen) atoms. The van der Waals surface area contributed by atoms with Gasteiger partial charge in [-0.15, -0.1) is 0 Å². The fourth-order valence-corrected chi connectivity index (χ4v) is 2.41. The van der Waals surface area contributed by atoms with Crippen LogP contribution in [0.15, 0.2) is 18.2 Å². The van der Waals surface area contributed by atoms with Gasteiger partial charge in [0.15, 0.2) is 0 Å². The molecule has 0 bridgehead atoms. The van der Waals surface area contributed by atoms with Crippen LogP contribution in [0.4, 0.5) is 0 Å². The van der Waals surface area contributed by atoms with Crippen molar-refractivity contribution in [3.8, 4) is 0 Å². The van der Waals surface area contributed by atoms with Crippen molar-refractivity contribution in [1.82, 2.24) is 10.2 Å². The average Bonchev–Trinajstić information content (AvgIpc) is 2.27. The standard InChI is InChI=1S/C14H20N2O/c1-10-6-11(2)8-13(7-10)14(17)16-5-4-15-9-12(16)3/h6-8,12,15H,4-5,9H2,1-3H3/t12-/m0/s1. The summed E-state index contributed by atoms with van der Waals surface area (Å²) in [5, 5.41) is 3.30. The van der Waals surface area contributed by atoms with Crippen LogP contribution >= 0.6 is 0 Å². The third kappa shape index (κ3) is 2.67. The molecule has 0 spiro atoms. The summed E-state index contributed by atoms with van der Waals surface area (Å²) in [5.41, 5.74) is 3.11. The third-order valence-corrected chi connectivity index (χ3v) is 3.23. The minimum Gasteiger partial charge on any atom is -0.333 e. The van der Waals surface area contributed by atoms with E-state index in [1.807, 2.05) is 30.9 Å². The Bertz CT molecular complexity index is 408. The number of rotatable bonds is 1. The number of benzene rings is 1. The number of carbonyl (C=O) groups excluding carboxylic acids is 1. The van der Waals surface area contributed by atoms with E-state index < -0.39 is 0 Å². The number of hydrogen-bond donors (Lipinski definition) is 1. The molecule has 1 saturated heterocycles. The van der Waals surface area contributed by atoms with Gasteiger partial charge in [-0.25, -0.2) is 0 Å². The second-order valence-corrected chi connectivity index (χ2v) is 4.93. The van der Waals surface area contributed by atoms with Crippen LogP contribution in [0.3, 0.4) is 0 Å². The van der Waals surface area contributed by atoms with Crippen LogP contribution in [0.1, 0.15) is 28.4 Å². The first-order chi connectivity index (χ1) is 8.08. The summed E-state index contributed by atoms with van der Waals surface area (Å²) in [6.07, 6.45) is 0. The highest BCUT2D eigenvalue weighted by atomic mass is 16.2. The predicted octanol–water partition coefficient (Wildman–Crippen LogP) is 1.74. The summed E-state index contributed by atoms with van der Waals surface area (Å²) in [5.74, 6) is 0.158. The number of aryl methyl sites for hydroxylation is 2. The van der Waals surface area contributed by atoms with E-state index in [9.17, 15) is 4.79 Å². The van der Waals surface area contributed by atoms with Gasteiger partial charge in [0.1, 0.15) is 0 Å². The first-order valence-electron chi connectivity index (χ1n) is 6.18. The summed E-state index contributed by atoms with van der Waals surface area (Å²) in [4.78, 5) is 14.4. The molecule has 1 heterocycles. The van der Waals surface area contributed by atoms with Crippen LogP contribution in [0.5, 0.6) is 0 Å². The molecule has 1 aromatic carbocycles. The maximum absolute atomic E-state index is 12.4. The summed E-state index contributed by atoms with van der Waals surface area (Å²) in [6.45, 7) is 8.73. The van der Waals surface area contributed by atoms with Crippen LogP contribution in [0.25, 0.3) is 0 Å². The summed E-state index contributed by atoms with van der Waals surface area (Å²) < 4.78 is 0. The Morgan fingerprint density at radius 2 is 1.94 bits per heavy atom. The van der Waals surface area contributed by atoms with Crippen LogP contribution in [0, 0.1) is 13.8 Å². The van der Waals surface area contributed by atoms with E-state index in [1.165, 1.54) is 0 Å². The Morgan fingerprint density at radius 1 is 1.29 bits per heavy atom. The van der Waals surface area contributed by atoms with E-state index in [1.54, 1.807) is 0 Å². The topological polar surface area (TPSA) is 32.3 Å². The van der Waals surface area contributed by atoms with Crippen molar-refractivity contribution in [2.75, 3.05) is 19.6 Å². The molecule has 0 aromatic heterocycles. The molecule has 0 saturated carbocycles. The van der Waals surface area contributed by atoms with Crippen molar-refractivity contribution in [3.05, 3.63) is 34.9 Å². The fourth-order valence-electron chi connectivity index (χ4n) is 2.41. The Morgan fingerprint density at radius 3 is 2.53 bits per heavy atom. The Balaban J connectivity index is 2.23. The smallest absolute Gasteiger partial charge is 0.254 e. The van der Waals surface area contributed by atoms with Gasteiger partial charge >= 0.3 is 0 Å². The molecule has 3 nitrogen and oxygen atoms in total. The largest absolute Gasteiger partial charge is 0.333 e. The van der Waals surface area contributed by atoms with E-state index in [-0.39, 0.29) is 11.9 Å². The quantitative estimate of drug-likeness (QED) is 0.800.